The Morgan fingerprint density at radius 3 is 2.00 bits per heavy atom. The van der Waals surface area contributed by atoms with E-state index in [1.54, 1.807) is 35.5 Å². The molecule has 150 valence electrons. The molecule has 3 rings (SSSR count). The van der Waals surface area contributed by atoms with Crippen LogP contribution in [0.15, 0.2) is 66.0 Å². The van der Waals surface area contributed by atoms with Gasteiger partial charge in [0.2, 0.25) is 0 Å². The highest BCUT2D eigenvalue weighted by Crippen LogP contribution is 2.39. The molecule has 1 aliphatic rings. The van der Waals surface area contributed by atoms with Crippen molar-refractivity contribution < 1.29 is 24.2 Å². The summed E-state index contributed by atoms with van der Waals surface area (Å²) in [7, 11) is 2.56. The van der Waals surface area contributed by atoms with Gasteiger partial charge in [-0.05, 0) is 42.3 Å². The minimum atomic E-state index is -0.715. The quantitative estimate of drug-likeness (QED) is 0.761. The van der Waals surface area contributed by atoms with Gasteiger partial charge in [-0.3, -0.25) is 0 Å². The van der Waals surface area contributed by atoms with Gasteiger partial charge in [-0.25, -0.2) is 9.59 Å². The number of carbonyl (C=O) groups is 2. The largest absolute Gasteiger partial charge is 0.508 e. The first-order chi connectivity index (χ1) is 13.8. The van der Waals surface area contributed by atoms with Gasteiger partial charge < -0.3 is 19.5 Å². The molecule has 0 atom stereocenters. The topological polar surface area (TPSA) is 76.1 Å². The molecule has 0 fully saturated rings. The van der Waals surface area contributed by atoms with Crippen LogP contribution in [-0.2, 0) is 19.1 Å². The van der Waals surface area contributed by atoms with E-state index in [0.717, 1.165) is 5.56 Å². The SMILES string of the molecule is COC(=O)C1=CN(c2ccc(C)c(Cl)c2)C=C(C(=O)OC)C1c1ccc(O)cc1. The maximum atomic E-state index is 12.6. The molecule has 29 heavy (non-hydrogen) atoms. The molecule has 0 saturated heterocycles. The highest BCUT2D eigenvalue weighted by Gasteiger charge is 2.35. The predicted molar refractivity (Wildman–Crippen MR) is 110 cm³/mol. The van der Waals surface area contributed by atoms with E-state index >= 15 is 0 Å². The van der Waals surface area contributed by atoms with Gasteiger partial charge in [-0.15, -0.1) is 0 Å². The Morgan fingerprint density at radius 1 is 0.966 bits per heavy atom. The first kappa shape index (κ1) is 20.5. The van der Waals surface area contributed by atoms with Crippen molar-refractivity contribution in [1.29, 1.82) is 0 Å². The number of halogens is 1. The number of aryl methyl sites for hydroxylation is 1. The summed E-state index contributed by atoms with van der Waals surface area (Å²) in [5.74, 6) is -1.80. The Hall–Kier alpha value is -3.25. The zero-order chi connectivity index (χ0) is 21.1. The van der Waals surface area contributed by atoms with Crippen LogP contribution in [0.25, 0.3) is 0 Å². The number of methoxy groups -OCH3 is 2. The van der Waals surface area contributed by atoms with E-state index in [4.69, 9.17) is 21.1 Å². The Kier molecular flexibility index (Phi) is 5.94. The van der Waals surface area contributed by atoms with Crippen molar-refractivity contribution in [2.24, 2.45) is 0 Å². The molecule has 2 aromatic rings. The van der Waals surface area contributed by atoms with E-state index in [9.17, 15) is 14.7 Å². The zero-order valence-corrected chi connectivity index (χ0v) is 16.9. The third kappa shape index (κ3) is 4.12. The van der Waals surface area contributed by atoms with Gasteiger partial charge >= 0.3 is 11.9 Å². The number of phenolic OH excluding ortho intramolecular Hbond substituents is 1. The van der Waals surface area contributed by atoms with Gasteiger partial charge in [0.15, 0.2) is 0 Å². The monoisotopic (exact) mass is 413 g/mol. The van der Waals surface area contributed by atoms with Crippen LogP contribution >= 0.6 is 11.6 Å². The summed E-state index contributed by atoms with van der Waals surface area (Å²) in [5.41, 5.74) is 2.71. The number of hydrogen-bond donors (Lipinski definition) is 1. The van der Waals surface area contributed by atoms with Crippen molar-refractivity contribution in [1.82, 2.24) is 0 Å². The van der Waals surface area contributed by atoms with Crippen LogP contribution in [-0.4, -0.2) is 31.3 Å². The summed E-state index contributed by atoms with van der Waals surface area (Å²) in [5, 5.41) is 10.2. The van der Waals surface area contributed by atoms with Crippen molar-refractivity contribution in [2.45, 2.75) is 12.8 Å². The van der Waals surface area contributed by atoms with Crippen LogP contribution in [0.5, 0.6) is 5.75 Å². The number of benzene rings is 2. The van der Waals surface area contributed by atoms with Crippen LogP contribution in [0.3, 0.4) is 0 Å². The lowest BCUT2D eigenvalue weighted by molar-refractivity contribution is -0.137. The van der Waals surface area contributed by atoms with Crippen LogP contribution in [0.1, 0.15) is 17.0 Å². The highest BCUT2D eigenvalue weighted by molar-refractivity contribution is 6.31. The summed E-state index contributed by atoms with van der Waals surface area (Å²) in [4.78, 5) is 26.8. The second-order valence-corrected chi connectivity index (χ2v) is 6.92. The van der Waals surface area contributed by atoms with Crippen molar-refractivity contribution >= 4 is 29.2 Å². The third-order valence-electron chi connectivity index (χ3n) is 4.70. The maximum Gasteiger partial charge on any atom is 0.336 e. The average Bonchev–Trinajstić information content (AvgIpc) is 2.74. The number of ether oxygens (including phenoxy) is 2. The molecular formula is C22H20ClNO5. The summed E-state index contributed by atoms with van der Waals surface area (Å²) < 4.78 is 9.93. The lowest BCUT2D eigenvalue weighted by Gasteiger charge is -2.30. The van der Waals surface area contributed by atoms with Gasteiger partial charge in [-0.2, -0.15) is 0 Å². The summed E-state index contributed by atoms with van der Waals surface area (Å²) in [6.07, 6.45) is 3.22. The molecular weight excluding hydrogens is 394 g/mol. The fraction of sp³-hybridized carbons (Fsp3) is 0.182. The fourth-order valence-electron chi connectivity index (χ4n) is 3.15. The molecule has 7 heteroatoms. The number of carbonyl (C=O) groups excluding carboxylic acids is 2. The average molecular weight is 414 g/mol. The van der Waals surface area contributed by atoms with Crippen molar-refractivity contribution in [3.8, 4) is 5.75 Å². The molecule has 0 aliphatic carbocycles. The molecule has 1 aliphatic heterocycles. The Balaban J connectivity index is 2.18. The molecule has 0 amide bonds. The molecule has 1 heterocycles. The lowest BCUT2D eigenvalue weighted by Crippen LogP contribution is -2.28. The summed E-state index contributed by atoms with van der Waals surface area (Å²) >= 11 is 6.25. The number of phenols is 1. The number of nitrogens with zero attached hydrogens (tertiary/aromatic N) is 1. The third-order valence-corrected chi connectivity index (χ3v) is 5.11. The lowest BCUT2D eigenvalue weighted by atomic mass is 9.83. The number of anilines is 1. The van der Waals surface area contributed by atoms with Crippen molar-refractivity contribution in [3.63, 3.8) is 0 Å². The van der Waals surface area contributed by atoms with Crippen LogP contribution < -0.4 is 4.90 Å². The standard InChI is InChI=1S/C22H20ClNO5/c1-13-4-7-15(10-19(13)23)24-11-17(21(26)28-2)20(18(12-24)22(27)29-3)14-5-8-16(25)9-6-14/h4-12,20,25H,1-3H3. The molecule has 0 saturated carbocycles. The maximum absolute atomic E-state index is 12.6. The van der Waals surface area contributed by atoms with Crippen LogP contribution in [0.4, 0.5) is 5.69 Å². The zero-order valence-electron chi connectivity index (χ0n) is 16.2. The highest BCUT2D eigenvalue weighted by atomic mass is 35.5. The van der Waals surface area contributed by atoms with Gasteiger partial charge in [0.1, 0.15) is 5.75 Å². The van der Waals surface area contributed by atoms with E-state index in [2.05, 4.69) is 0 Å². The molecule has 0 aromatic heterocycles. The van der Waals surface area contributed by atoms with Gasteiger partial charge in [0, 0.05) is 23.1 Å². The molecule has 0 bridgehead atoms. The Morgan fingerprint density at radius 2 is 1.52 bits per heavy atom. The minimum Gasteiger partial charge on any atom is -0.508 e. The molecule has 0 spiro atoms. The van der Waals surface area contributed by atoms with E-state index < -0.39 is 17.9 Å². The second kappa shape index (κ2) is 8.41. The Bertz CT molecular complexity index is 976. The van der Waals surface area contributed by atoms with Crippen molar-refractivity contribution in [3.05, 3.63) is 82.2 Å². The smallest absolute Gasteiger partial charge is 0.336 e. The molecule has 2 aromatic carbocycles. The minimum absolute atomic E-state index is 0.0766. The van der Waals surface area contributed by atoms with Crippen LogP contribution in [0.2, 0.25) is 5.02 Å². The van der Waals surface area contributed by atoms with E-state index in [1.165, 1.54) is 26.4 Å². The predicted octanol–water partition coefficient (Wildman–Crippen LogP) is 4.07. The van der Waals surface area contributed by atoms with Gasteiger partial charge in [0.25, 0.3) is 0 Å². The fourth-order valence-corrected chi connectivity index (χ4v) is 3.32. The molecule has 0 radical (unpaired) electrons. The Labute approximate surface area is 173 Å². The van der Waals surface area contributed by atoms with E-state index in [0.29, 0.717) is 16.3 Å². The number of aromatic hydroxyl groups is 1. The number of hydrogen-bond acceptors (Lipinski definition) is 6. The van der Waals surface area contributed by atoms with Gasteiger partial charge in [0.05, 0.1) is 31.3 Å². The van der Waals surface area contributed by atoms with Crippen molar-refractivity contribution in [2.75, 3.05) is 19.1 Å². The second-order valence-electron chi connectivity index (χ2n) is 6.52. The molecule has 1 N–H and O–H groups in total. The molecule has 0 unspecified atom stereocenters. The van der Waals surface area contributed by atoms with Crippen LogP contribution in [0, 0.1) is 6.92 Å². The molecule has 6 nitrogen and oxygen atoms in total. The first-order valence-corrected chi connectivity index (χ1v) is 9.17. The number of esters is 2. The van der Waals surface area contributed by atoms with E-state index in [1.807, 2.05) is 19.1 Å². The van der Waals surface area contributed by atoms with Gasteiger partial charge in [-0.1, -0.05) is 29.8 Å². The summed E-state index contributed by atoms with van der Waals surface area (Å²) in [6, 6.07) is 11.7. The normalized spacial score (nSPS) is 14.1. The number of rotatable bonds is 4. The van der Waals surface area contributed by atoms with E-state index in [-0.39, 0.29) is 16.9 Å². The first-order valence-electron chi connectivity index (χ1n) is 8.79. The summed E-state index contributed by atoms with van der Waals surface area (Å²) in [6.45, 7) is 1.88.